The number of halogens is 1. The maximum Gasteiger partial charge on any atom is 0.417 e. The number of carbonyl (C=O) groups excluding carboxylic acids is 3. The van der Waals surface area contributed by atoms with Crippen molar-refractivity contribution in [2.45, 2.75) is 70.1 Å². The summed E-state index contributed by atoms with van der Waals surface area (Å²) in [6, 6.07) is 16.4. The summed E-state index contributed by atoms with van der Waals surface area (Å²) in [5.74, 6) is -1.09. The van der Waals surface area contributed by atoms with E-state index in [-0.39, 0.29) is 17.9 Å². The van der Waals surface area contributed by atoms with Gasteiger partial charge in [0.05, 0.1) is 18.5 Å². The third-order valence-electron chi connectivity index (χ3n) is 7.59. The number of rotatable bonds is 5. The molecule has 3 atom stereocenters. The molecule has 2 heterocycles. The van der Waals surface area contributed by atoms with Gasteiger partial charge in [0.2, 0.25) is 5.91 Å². The minimum absolute atomic E-state index is 0.163. The molecule has 3 aliphatic rings. The van der Waals surface area contributed by atoms with E-state index in [4.69, 9.17) is 21.1 Å². The molecule has 0 aromatic heterocycles. The Morgan fingerprint density at radius 2 is 1.76 bits per heavy atom. The van der Waals surface area contributed by atoms with Crippen LogP contribution in [0.15, 0.2) is 54.6 Å². The van der Waals surface area contributed by atoms with E-state index < -0.39 is 35.9 Å². The fraction of sp³-hybridized carbons (Fsp3) is 0.483. The highest BCUT2D eigenvalue weighted by molar-refractivity contribution is 6.30. The van der Waals surface area contributed by atoms with E-state index in [0.717, 1.165) is 30.4 Å². The molecule has 1 aliphatic carbocycles. The molecule has 5 rings (SSSR count). The molecule has 0 bridgehead atoms. The van der Waals surface area contributed by atoms with Gasteiger partial charge in [-0.15, -0.1) is 0 Å². The number of hydrogen-bond donors (Lipinski definition) is 0. The van der Waals surface area contributed by atoms with Crippen molar-refractivity contribution >= 4 is 29.7 Å². The van der Waals surface area contributed by atoms with Crippen LogP contribution in [0, 0.1) is 5.41 Å². The number of benzene rings is 2. The maximum absolute atomic E-state index is 14.2. The van der Waals surface area contributed by atoms with Gasteiger partial charge in [0, 0.05) is 18.0 Å². The van der Waals surface area contributed by atoms with E-state index >= 15 is 0 Å². The Morgan fingerprint density at radius 1 is 1.08 bits per heavy atom. The third-order valence-corrected chi connectivity index (χ3v) is 7.84. The first-order valence-corrected chi connectivity index (χ1v) is 13.3. The first kappa shape index (κ1) is 25.6. The highest BCUT2D eigenvalue weighted by Crippen LogP contribution is 2.60. The van der Waals surface area contributed by atoms with Crippen LogP contribution in [0.5, 0.6) is 0 Å². The van der Waals surface area contributed by atoms with Crippen LogP contribution in [0.1, 0.15) is 57.1 Å². The van der Waals surface area contributed by atoms with Gasteiger partial charge in [-0.1, -0.05) is 54.1 Å². The summed E-state index contributed by atoms with van der Waals surface area (Å²) in [7, 11) is 0. The van der Waals surface area contributed by atoms with E-state index in [1.165, 1.54) is 4.90 Å². The lowest BCUT2D eigenvalue weighted by atomic mass is 9.81. The van der Waals surface area contributed by atoms with Crippen LogP contribution >= 0.6 is 11.6 Å². The smallest absolute Gasteiger partial charge is 0.417 e. The first-order valence-electron chi connectivity index (χ1n) is 12.9. The number of ether oxygens (including phenoxy) is 2. The van der Waals surface area contributed by atoms with Gasteiger partial charge in [-0.3, -0.25) is 4.79 Å². The van der Waals surface area contributed by atoms with Gasteiger partial charge >= 0.3 is 12.2 Å². The fourth-order valence-electron chi connectivity index (χ4n) is 5.71. The second-order valence-electron chi connectivity index (χ2n) is 11.4. The molecule has 2 aromatic carbocycles. The molecule has 0 N–H and O–H groups in total. The lowest BCUT2D eigenvalue weighted by molar-refractivity contribution is -0.131. The highest BCUT2D eigenvalue weighted by Gasteiger charge is 2.62. The summed E-state index contributed by atoms with van der Waals surface area (Å²) in [6.07, 6.45) is 1.68. The largest absolute Gasteiger partial charge is 0.444 e. The molecular weight excluding hydrogens is 492 g/mol. The fourth-order valence-corrected chi connectivity index (χ4v) is 5.83. The molecule has 2 saturated heterocycles. The van der Waals surface area contributed by atoms with Crippen LogP contribution in [0.3, 0.4) is 0 Å². The Hall–Kier alpha value is -3.06. The molecule has 3 fully saturated rings. The SMILES string of the molecule is CC(C)(C)OC(=O)N1CCC2(CC2)C1[C@@H](C(=O)N1CC(Cc2ccccc2)OC1=O)c1ccc(Cl)cc1. The minimum atomic E-state index is -0.738. The number of imide groups is 1. The third kappa shape index (κ3) is 5.33. The summed E-state index contributed by atoms with van der Waals surface area (Å²) in [4.78, 5) is 43.4. The number of carbonyl (C=O) groups is 3. The second-order valence-corrected chi connectivity index (χ2v) is 11.8. The summed E-state index contributed by atoms with van der Waals surface area (Å²) >= 11 is 6.17. The molecule has 8 heteroatoms. The van der Waals surface area contributed by atoms with E-state index in [9.17, 15) is 14.4 Å². The normalized spacial score (nSPS) is 23.2. The summed E-state index contributed by atoms with van der Waals surface area (Å²) < 4.78 is 11.4. The zero-order valence-corrected chi connectivity index (χ0v) is 22.2. The molecular formula is C29H33ClN2O5. The van der Waals surface area contributed by atoms with Crippen molar-refractivity contribution in [3.8, 4) is 0 Å². The Balaban J connectivity index is 1.46. The van der Waals surface area contributed by atoms with Crippen molar-refractivity contribution in [2.75, 3.05) is 13.1 Å². The number of nitrogens with zero attached hydrogens (tertiary/aromatic N) is 2. The number of hydrogen-bond acceptors (Lipinski definition) is 5. The van der Waals surface area contributed by atoms with Crippen LogP contribution in [-0.2, 0) is 20.7 Å². The van der Waals surface area contributed by atoms with E-state index in [0.29, 0.717) is 18.0 Å². The predicted octanol–water partition coefficient (Wildman–Crippen LogP) is 5.80. The number of amides is 3. The Kier molecular flexibility index (Phi) is 6.69. The second kappa shape index (κ2) is 9.67. The molecule has 0 radical (unpaired) electrons. The van der Waals surface area contributed by atoms with Crippen molar-refractivity contribution in [3.63, 3.8) is 0 Å². The molecule has 196 valence electrons. The average molecular weight is 525 g/mol. The van der Waals surface area contributed by atoms with Gasteiger partial charge in [0.25, 0.3) is 0 Å². The Morgan fingerprint density at radius 3 is 2.38 bits per heavy atom. The van der Waals surface area contributed by atoms with E-state index in [1.54, 1.807) is 17.0 Å². The van der Waals surface area contributed by atoms with Gasteiger partial charge in [0.15, 0.2) is 0 Å². The van der Waals surface area contributed by atoms with Crippen molar-refractivity contribution in [2.24, 2.45) is 5.41 Å². The Labute approximate surface area is 222 Å². The van der Waals surface area contributed by atoms with E-state index in [1.807, 2.05) is 63.2 Å². The van der Waals surface area contributed by atoms with Crippen molar-refractivity contribution in [3.05, 3.63) is 70.7 Å². The maximum atomic E-state index is 14.2. The molecule has 2 unspecified atom stereocenters. The standard InChI is InChI=1S/C29H33ClN2O5/c1-28(2,3)37-27(35)31-16-15-29(13-14-29)24(31)23(20-9-11-21(30)12-10-20)25(33)32-18-22(36-26(32)34)17-19-7-5-4-6-8-19/h4-12,22-24H,13-18H2,1-3H3/t22?,23-,24?/m0/s1. The van der Waals surface area contributed by atoms with Gasteiger partial charge in [0.1, 0.15) is 11.7 Å². The van der Waals surface area contributed by atoms with Crippen molar-refractivity contribution in [1.82, 2.24) is 9.80 Å². The Bertz CT molecular complexity index is 1170. The van der Waals surface area contributed by atoms with Crippen LogP contribution in [0.2, 0.25) is 5.02 Å². The lowest BCUT2D eigenvalue weighted by Crippen LogP contribution is -2.50. The summed E-state index contributed by atoms with van der Waals surface area (Å²) in [5, 5.41) is 0.551. The van der Waals surface area contributed by atoms with Crippen LogP contribution in [-0.4, -0.2) is 58.7 Å². The monoisotopic (exact) mass is 524 g/mol. The van der Waals surface area contributed by atoms with Crippen LogP contribution < -0.4 is 0 Å². The van der Waals surface area contributed by atoms with Crippen molar-refractivity contribution in [1.29, 1.82) is 0 Å². The van der Waals surface area contributed by atoms with Gasteiger partial charge in [-0.2, -0.15) is 0 Å². The molecule has 2 aromatic rings. The quantitative estimate of drug-likeness (QED) is 0.494. The predicted molar refractivity (Wildman–Crippen MR) is 139 cm³/mol. The van der Waals surface area contributed by atoms with Gasteiger partial charge < -0.3 is 14.4 Å². The van der Waals surface area contributed by atoms with Gasteiger partial charge in [-0.05, 0) is 68.7 Å². The zero-order valence-electron chi connectivity index (χ0n) is 21.5. The minimum Gasteiger partial charge on any atom is -0.444 e. The summed E-state index contributed by atoms with van der Waals surface area (Å²) in [6.45, 7) is 6.17. The van der Waals surface area contributed by atoms with Gasteiger partial charge in [-0.25, -0.2) is 14.5 Å². The molecule has 1 spiro atoms. The lowest BCUT2D eigenvalue weighted by Gasteiger charge is -2.36. The van der Waals surface area contributed by atoms with E-state index in [2.05, 4.69) is 0 Å². The molecule has 7 nitrogen and oxygen atoms in total. The molecule has 37 heavy (non-hydrogen) atoms. The number of cyclic esters (lactones) is 1. The first-order chi connectivity index (χ1) is 17.6. The van der Waals surface area contributed by atoms with Crippen molar-refractivity contribution < 1.29 is 23.9 Å². The molecule has 1 saturated carbocycles. The van der Waals surface area contributed by atoms with Crippen LogP contribution in [0.25, 0.3) is 0 Å². The highest BCUT2D eigenvalue weighted by atomic mass is 35.5. The number of likely N-dealkylation sites (tertiary alicyclic amines) is 1. The molecule has 2 aliphatic heterocycles. The summed E-state index contributed by atoms with van der Waals surface area (Å²) in [5.41, 5.74) is 0.932. The average Bonchev–Trinajstić information content (AvgIpc) is 3.39. The molecule has 3 amide bonds. The topological polar surface area (TPSA) is 76.2 Å². The zero-order chi connectivity index (χ0) is 26.4. The van der Waals surface area contributed by atoms with Crippen LogP contribution in [0.4, 0.5) is 9.59 Å².